The van der Waals surface area contributed by atoms with Crippen molar-refractivity contribution < 1.29 is 43.9 Å². The van der Waals surface area contributed by atoms with Crippen molar-refractivity contribution in [3.05, 3.63) is 0 Å². The van der Waals surface area contributed by atoms with Gasteiger partial charge in [-0.3, -0.25) is 14.5 Å². The van der Waals surface area contributed by atoms with Gasteiger partial charge >= 0.3 is 11.9 Å². The minimum absolute atomic E-state index is 0.0407. The molecule has 0 radical (unpaired) electrons. The van der Waals surface area contributed by atoms with Crippen LogP contribution in [0.25, 0.3) is 0 Å². The molecule has 2 unspecified atom stereocenters. The van der Waals surface area contributed by atoms with Crippen LogP contribution in [0.3, 0.4) is 0 Å². The van der Waals surface area contributed by atoms with Gasteiger partial charge in [0, 0.05) is 18.9 Å². The monoisotopic (exact) mass is 689 g/mol. The molecular weight excluding hydrogens is 626 g/mol. The van der Waals surface area contributed by atoms with E-state index < -0.39 is 48.2 Å². The van der Waals surface area contributed by atoms with Crippen LogP contribution in [0.15, 0.2) is 0 Å². The number of fused-ring (bicyclic) bond motifs is 4. The zero-order chi connectivity index (χ0) is 35.7. The molecule has 7 aliphatic rings. The fourth-order valence-electron chi connectivity index (χ4n) is 14.0. The molecule has 7 rings (SSSR count). The van der Waals surface area contributed by atoms with Crippen LogP contribution < -0.4 is 0 Å². The molecule has 0 bridgehead atoms. The van der Waals surface area contributed by atoms with E-state index in [2.05, 4.69) is 34.6 Å². The summed E-state index contributed by atoms with van der Waals surface area (Å²) >= 11 is 0. The van der Waals surface area contributed by atoms with Crippen LogP contribution in [-0.2, 0) is 28.5 Å². The number of esters is 1. The molecule has 0 aromatic heterocycles. The Balaban J connectivity index is 1.12. The molecule has 5 saturated carbocycles. The van der Waals surface area contributed by atoms with Crippen molar-refractivity contribution in [2.45, 2.75) is 162 Å². The minimum atomic E-state index is -1.27. The lowest BCUT2D eigenvalue weighted by molar-refractivity contribution is -0.251. The highest BCUT2D eigenvalue weighted by Gasteiger charge is 2.84. The number of nitrogens with zero attached hydrogens (tertiary/aromatic N) is 1. The number of aliphatic hydroxyl groups is 2. The van der Waals surface area contributed by atoms with Gasteiger partial charge in [0.25, 0.3) is 0 Å². The maximum absolute atomic E-state index is 12.6. The standard InChI is InChI=1S/C39H63NO9/c1-21-18-24(32(35(6,7)45)47-23(3)41)48-30-29(21)36(8)14-15-39-20-38(39)13-12-27(49-28-19-40(16-17-46-28)22(2)33(43)44)34(4,5)25(38)10-11-26(39)37(36,9)31(30)42/h21-22,24-32,42,45H,10-20H2,1-9H3,(H,43,44)/t21-,22+,24-,25+,26+,27?,28+,29+,30+,31+,32+,36-,37-,38?,39+/m1/s1. The lowest BCUT2D eigenvalue weighted by atomic mass is 9.41. The zero-order valence-corrected chi connectivity index (χ0v) is 31.4. The van der Waals surface area contributed by atoms with Gasteiger partial charge in [0.15, 0.2) is 12.4 Å². The molecule has 5 aliphatic carbocycles. The van der Waals surface area contributed by atoms with Crippen LogP contribution in [0, 0.1) is 50.7 Å². The van der Waals surface area contributed by atoms with Crippen LogP contribution in [0.1, 0.15) is 114 Å². The molecule has 2 saturated heterocycles. The van der Waals surface area contributed by atoms with Crippen molar-refractivity contribution in [2.75, 3.05) is 19.7 Å². The average molecular weight is 690 g/mol. The summed E-state index contributed by atoms with van der Waals surface area (Å²) in [6.07, 6.45) is 5.72. The average Bonchev–Trinajstić information content (AvgIpc) is 3.65. The highest BCUT2D eigenvalue weighted by Crippen LogP contribution is 2.89. The van der Waals surface area contributed by atoms with E-state index in [0.29, 0.717) is 38.0 Å². The van der Waals surface area contributed by atoms with Gasteiger partial charge in [-0.05, 0) is 117 Å². The topological polar surface area (TPSA) is 135 Å². The molecule has 2 heterocycles. The van der Waals surface area contributed by atoms with Crippen molar-refractivity contribution in [1.82, 2.24) is 4.90 Å². The lowest BCUT2D eigenvalue weighted by Crippen LogP contribution is -2.60. The third-order valence-corrected chi connectivity index (χ3v) is 16.4. The Hall–Kier alpha value is -1.30. The summed E-state index contributed by atoms with van der Waals surface area (Å²) in [6.45, 7) is 19.8. The number of hydrogen-bond acceptors (Lipinski definition) is 9. The summed E-state index contributed by atoms with van der Waals surface area (Å²) in [7, 11) is 0. The van der Waals surface area contributed by atoms with E-state index in [4.69, 9.17) is 18.9 Å². The Bertz CT molecular complexity index is 1330. The van der Waals surface area contributed by atoms with E-state index in [1.165, 1.54) is 19.8 Å². The van der Waals surface area contributed by atoms with Gasteiger partial charge in [0.05, 0.1) is 43.2 Å². The largest absolute Gasteiger partial charge is 0.480 e. The normalized spacial score (nSPS) is 50.1. The summed E-state index contributed by atoms with van der Waals surface area (Å²) in [5, 5.41) is 33.2. The Kier molecular flexibility index (Phi) is 8.54. The van der Waals surface area contributed by atoms with E-state index in [9.17, 15) is 24.9 Å². The first-order valence-corrected chi connectivity index (χ1v) is 19.2. The predicted molar refractivity (Wildman–Crippen MR) is 181 cm³/mol. The Morgan fingerprint density at radius 2 is 1.69 bits per heavy atom. The number of morpholine rings is 1. The maximum Gasteiger partial charge on any atom is 0.320 e. The number of carbonyl (C=O) groups excluding carboxylic acids is 1. The summed E-state index contributed by atoms with van der Waals surface area (Å²) in [6, 6.07) is -0.566. The van der Waals surface area contributed by atoms with Gasteiger partial charge in [-0.1, -0.05) is 34.6 Å². The summed E-state index contributed by atoms with van der Waals surface area (Å²) in [5.74, 6) is 0.0786. The van der Waals surface area contributed by atoms with E-state index >= 15 is 0 Å². The molecule has 278 valence electrons. The summed E-state index contributed by atoms with van der Waals surface area (Å²) in [4.78, 5) is 25.7. The molecule has 10 nitrogen and oxygen atoms in total. The Labute approximate surface area is 292 Å². The first-order valence-electron chi connectivity index (χ1n) is 19.2. The van der Waals surface area contributed by atoms with Gasteiger partial charge < -0.3 is 34.3 Å². The van der Waals surface area contributed by atoms with Crippen molar-refractivity contribution in [3.8, 4) is 0 Å². The predicted octanol–water partition coefficient (Wildman–Crippen LogP) is 5.02. The summed E-state index contributed by atoms with van der Waals surface area (Å²) < 4.78 is 25.3. The van der Waals surface area contributed by atoms with Gasteiger partial charge in [-0.15, -0.1) is 0 Å². The fourth-order valence-corrected chi connectivity index (χ4v) is 14.0. The number of carboxylic acids is 1. The second kappa shape index (κ2) is 11.6. The van der Waals surface area contributed by atoms with Crippen molar-refractivity contribution in [2.24, 2.45) is 50.7 Å². The van der Waals surface area contributed by atoms with E-state index in [-0.39, 0.29) is 51.1 Å². The molecule has 7 fully saturated rings. The SMILES string of the molecule is CC(=O)O[C@@H]([C@H]1C[C@@H](C)[C@H]2[C@H](O1)[C@H](O)[C@@]1(C)[C@@H]3CC[C@H]4C(C)(C)C(O[C@H]5CN([C@@H](C)C(=O)O)CCO5)CCC45C[C@@]35CC[C@]21C)C(C)(C)O. The molecule has 49 heavy (non-hydrogen) atoms. The van der Waals surface area contributed by atoms with Crippen molar-refractivity contribution in [3.63, 3.8) is 0 Å². The molecule has 0 aromatic carbocycles. The number of aliphatic hydroxyl groups excluding tert-OH is 1. The van der Waals surface area contributed by atoms with Crippen LogP contribution in [0.2, 0.25) is 0 Å². The van der Waals surface area contributed by atoms with E-state index in [1.807, 2.05) is 4.90 Å². The van der Waals surface area contributed by atoms with E-state index in [1.54, 1.807) is 20.8 Å². The van der Waals surface area contributed by atoms with Crippen LogP contribution in [0.4, 0.5) is 0 Å². The molecular formula is C39H63NO9. The number of carboxylic acid groups (broad SMARTS) is 1. The molecule has 2 spiro atoms. The highest BCUT2D eigenvalue weighted by molar-refractivity contribution is 5.72. The second-order valence-corrected chi connectivity index (χ2v) is 19.2. The quantitative estimate of drug-likeness (QED) is 0.313. The maximum atomic E-state index is 12.6. The van der Waals surface area contributed by atoms with Crippen LogP contribution in [0.5, 0.6) is 0 Å². The van der Waals surface area contributed by atoms with Gasteiger partial charge in [-0.2, -0.15) is 0 Å². The van der Waals surface area contributed by atoms with Crippen molar-refractivity contribution in [1.29, 1.82) is 0 Å². The van der Waals surface area contributed by atoms with Crippen LogP contribution >= 0.6 is 0 Å². The first kappa shape index (κ1) is 36.1. The van der Waals surface area contributed by atoms with Crippen LogP contribution in [-0.4, -0.2) is 100 Å². The molecule has 3 N–H and O–H groups in total. The van der Waals surface area contributed by atoms with E-state index in [0.717, 1.165) is 32.1 Å². The molecule has 0 amide bonds. The number of carbonyl (C=O) groups is 2. The van der Waals surface area contributed by atoms with Gasteiger partial charge in [-0.25, -0.2) is 0 Å². The first-order chi connectivity index (χ1) is 22.7. The number of hydrogen-bond donors (Lipinski definition) is 3. The molecule has 2 aliphatic heterocycles. The van der Waals surface area contributed by atoms with Crippen molar-refractivity contribution >= 4 is 11.9 Å². The zero-order valence-electron chi connectivity index (χ0n) is 31.4. The molecule has 10 heteroatoms. The Morgan fingerprint density at radius 1 is 1.02 bits per heavy atom. The van der Waals surface area contributed by atoms with Gasteiger partial charge in [0.2, 0.25) is 0 Å². The number of aliphatic carboxylic acids is 1. The minimum Gasteiger partial charge on any atom is -0.480 e. The third-order valence-electron chi connectivity index (χ3n) is 16.4. The molecule has 15 atom stereocenters. The van der Waals surface area contributed by atoms with Gasteiger partial charge in [0.1, 0.15) is 6.04 Å². The number of ether oxygens (including phenoxy) is 4. The molecule has 0 aromatic rings. The highest BCUT2D eigenvalue weighted by atomic mass is 16.7. The lowest BCUT2D eigenvalue weighted by Gasteiger charge is -2.64. The second-order valence-electron chi connectivity index (χ2n) is 19.2. The third kappa shape index (κ3) is 4.99. The Morgan fingerprint density at radius 3 is 2.35 bits per heavy atom. The smallest absolute Gasteiger partial charge is 0.320 e. The summed E-state index contributed by atoms with van der Waals surface area (Å²) in [5.41, 5.74) is -1.30. The fraction of sp³-hybridized carbons (Fsp3) is 0.949. The number of rotatable bonds is 7.